The molecule has 8 heteroatoms. The fourth-order valence-corrected chi connectivity index (χ4v) is 2.66. The molecule has 0 unspecified atom stereocenters. The molecule has 3 heterocycles. The summed E-state index contributed by atoms with van der Waals surface area (Å²) >= 11 is 0. The predicted octanol–water partition coefficient (Wildman–Crippen LogP) is 5.16. The van der Waals surface area contributed by atoms with E-state index in [4.69, 9.17) is 0 Å². The highest BCUT2D eigenvalue weighted by atomic mass is 19.1. The van der Waals surface area contributed by atoms with Gasteiger partial charge in [-0.1, -0.05) is 13.0 Å². The molecular formula is C20H17F3N4O. The lowest BCUT2D eigenvalue weighted by Crippen LogP contribution is -2.13. The Morgan fingerprint density at radius 1 is 1.18 bits per heavy atom. The Balaban J connectivity index is 2.05. The molecule has 3 aromatic rings. The molecule has 2 N–H and O–H groups in total. The zero-order chi connectivity index (χ0) is 20.3. The summed E-state index contributed by atoms with van der Waals surface area (Å²) < 4.78 is 41.3. The molecule has 0 saturated carbocycles. The molecule has 28 heavy (non-hydrogen) atoms. The number of pyridine rings is 3. The average Bonchev–Trinajstić information content (AvgIpc) is 2.70. The lowest BCUT2D eigenvalue weighted by Gasteiger charge is -2.09. The van der Waals surface area contributed by atoms with E-state index in [0.29, 0.717) is 22.5 Å². The maximum absolute atomic E-state index is 14.2. The highest BCUT2D eigenvalue weighted by molar-refractivity contribution is 5.87. The van der Waals surface area contributed by atoms with Gasteiger partial charge in [0.05, 0.1) is 22.9 Å². The second-order valence-corrected chi connectivity index (χ2v) is 5.93. The van der Waals surface area contributed by atoms with Crippen LogP contribution in [0.2, 0.25) is 0 Å². The molecule has 3 rings (SSSR count). The number of aromatic amines is 1. The van der Waals surface area contributed by atoms with E-state index >= 15 is 0 Å². The van der Waals surface area contributed by atoms with Crippen molar-refractivity contribution in [1.29, 1.82) is 0 Å². The number of rotatable bonds is 5. The minimum Gasteiger partial charge on any atom is -0.325 e. The van der Waals surface area contributed by atoms with Crippen LogP contribution in [0.5, 0.6) is 0 Å². The van der Waals surface area contributed by atoms with Crippen molar-refractivity contribution >= 4 is 28.1 Å². The van der Waals surface area contributed by atoms with E-state index in [1.165, 1.54) is 38.2 Å². The molecule has 0 atom stereocenters. The molecule has 144 valence electrons. The molecule has 0 aliphatic carbocycles. The highest BCUT2D eigenvalue weighted by Crippen LogP contribution is 2.29. The second kappa shape index (κ2) is 8.08. The summed E-state index contributed by atoms with van der Waals surface area (Å²) in [5.74, 6) is -1.25. The van der Waals surface area contributed by atoms with Gasteiger partial charge in [-0.25, -0.2) is 23.1 Å². The van der Waals surface area contributed by atoms with Gasteiger partial charge >= 0.3 is 0 Å². The van der Waals surface area contributed by atoms with Crippen molar-refractivity contribution in [2.45, 2.75) is 20.3 Å². The van der Waals surface area contributed by atoms with Gasteiger partial charge in [0.15, 0.2) is 0 Å². The van der Waals surface area contributed by atoms with Gasteiger partial charge in [0.25, 0.3) is 5.56 Å². The third-order valence-electron chi connectivity index (χ3n) is 4.05. The van der Waals surface area contributed by atoms with Gasteiger partial charge in [-0.15, -0.1) is 0 Å². The zero-order valence-corrected chi connectivity index (χ0v) is 15.2. The van der Waals surface area contributed by atoms with Gasteiger partial charge < -0.3 is 10.3 Å². The first-order valence-electron chi connectivity index (χ1n) is 8.55. The van der Waals surface area contributed by atoms with Crippen LogP contribution >= 0.6 is 0 Å². The van der Waals surface area contributed by atoms with Crippen LogP contribution in [0.4, 0.5) is 24.8 Å². The monoisotopic (exact) mass is 386 g/mol. The first-order valence-corrected chi connectivity index (χ1v) is 8.55. The van der Waals surface area contributed by atoms with E-state index in [1.54, 1.807) is 6.07 Å². The maximum atomic E-state index is 14.2. The molecular weight excluding hydrogens is 369 g/mol. The number of aromatic nitrogens is 3. The summed E-state index contributed by atoms with van der Waals surface area (Å²) in [6.07, 6.45) is 3.58. The lowest BCUT2D eigenvalue weighted by molar-refractivity contribution is 0.594. The number of H-pyrrole nitrogens is 1. The molecule has 0 bridgehead atoms. The summed E-state index contributed by atoms with van der Waals surface area (Å²) in [5, 5.41) is 3.38. The van der Waals surface area contributed by atoms with E-state index < -0.39 is 23.0 Å². The summed E-state index contributed by atoms with van der Waals surface area (Å²) in [4.78, 5) is 23.2. The van der Waals surface area contributed by atoms with Gasteiger partial charge in [-0.2, -0.15) is 0 Å². The van der Waals surface area contributed by atoms with Gasteiger partial charge in [-0.3, -0.25) is 4.79 Å². The first kappa shape index (κ1) is 19.3. The number of halogens is 3. The van der Waals surface area contributed by atoms with Crippen molar-refractivity contribution in [1.82, 2.24) is 15.0 Å². The van der Waals surface area contributed by atoms with Crippen molar-refractivity contribution in [2.75, 3.05) is 5.32 Å². The van der Waals surface area contributed by atoms with E-state index in [-0.39, 0.29) is 17.6 Å². The van der Waals surface area contributed by atoms with Crippen LogP contribution in [-0.4, -0.2) is 15.0 Å². The molecule has 0 aliphatic rings. The third kappa shape index (κ3) is 3.95. The van der Waals surface area contributed by atoms with Gasteiger partial charge in [0.2, 0.25) is 0 Å². The molecule has 5 nitrogen and oxygen atoms in total. The van der Waals surface area contributed by atoms with Crippen molar-refractivity contribution in [2.24, 2.45) is 0 Å². The maximum Gasteiger partial charge on any atom is 0.256 e. The fourth-order valence-electron chi connectivity index (χ4n) is 2.66. The lowest BCUT2D eigenvalue weighted by atomic mass is 10.0. The summed E-state index contributed by atoms with van der Waals surface area (Å²) in [7, 11) is 0. The summed E-state index contributed by atoms with van der Waals surface area (Å²) in [6, 6.07) is 5.64. The standard InChI is InChI=1S/C20H17F3N4O/c1-3-14(22)19(15(23)4-2)13-7-11-9-24-18(8-16(11)26-20(13)28)27-17-6-5-12(21)10-25-17/h3,5-10H,4H2,1-2H3,(H,26,28)(H,24,25,27)/b14-3+,19-15+. The molecule has 0 amide bonds. The van der Waals surface area contributed by atoms with Crippen LogP contribution in [0, 0.1) is 5.82 Å². The quantitative estimate of drug-likeness (QED) is 0.594. The van der Waals surface area contributed by atoms with Gasteiger partial charge in [0.1, 0.15) is 29.1 Å². The van der Waals surface area contributed by atoms with Gasteiger partial charge in [-0.05, 0) is 31.5 Å². The number of allylic oxidation sites excluding steroid dienone is 4. The number of nitrogens with one attached hydrogen (secondary N) is 2. The molecule has 0 fully saturated rings. The summed E-state index contributed by atoms with van der Waals surface area (Å²) in [6.45, 7) is 2.97. The van der Waals surface area contributed by atoms with E-state index in [0.717, 1.165) is 12.3 Å². The minimum absolute atomic E-state index is 0.0418. The number of hydrogen-bond acceptors (Lipinski definition) is 4. The average molecular weight is 386 g/mol. The Morgan fingerprint density at radius 3 is 2.57 bits per heavy atom. The van der Waals surface area contributed by atoms with Crippen LogP contribution in [0.15, 0.2) is 59.2 Å². The van der Waals surface area contributed by atoms with Crippen molar-refractivity contribution in [3.05, 3.63) is 76.1 Å². The molecule has 0 radical (unpaired) electrons. The van der Waals surface area contributed by atoms with Crippen LogP contribution in [-0.2, 0) is 0 Å². The molecule has 0 aromatic carbocycles. The Hall–Kier alpha value is -3.42. The zero-order valence-electron chi connectivity index (χ0n) is 15.2. The Kier molecular flexibility index (Phi) is 5.58. The topological polar surface area (TPSA) is 70.7 Å². The minimum atomic E-state index is -0.808. The van der Waals surface area contributed by atoms with Crippen molar-refractivity contribution < 1.29 is 13.2 Å². The van der Waals surface area contributed by atoms with Gasteiger partial charge in [0, 0.05) is 17.6 Å². The SMILES string of the molecule is C/C=C(F)\C(=C(\F)CC)c1cc2cnc(Nc3ccc(F)cn3)cc2[nH]c1=O. The molecule has 0 saturated heterocycles. The van der Waals surface area contributed by atoms with Crippen molar-refractivity contribution in [3.63, 3.8) is 0 Å². The Labute approximate surface area is 158 Å². The third-order valence-corrected chi connectivity index (χ3v) is 4.05. The van der Waals surface area contributed by atoms with Crippen molar-refractivity contribution in [3.8, 4) is 0 Å². The normalized spacial score (nSPS) is 12.8. The summed E-state index contributed by atoms with van der Waals surface area (Å²) in [5.41, 5.74) is -0.665. The smallest absolute Gasteiger partial charge is 0.256 e. The van der Waals surface area contributed by atoms with E-state index in [1.807, 2.05) is 0 Å². The largest absolute Gasteiger partial charge is 0.325 e. The van der Waals surface area contributed by atoms with Crippen LogP contribution in [0.25, 0.3) is 16.5 Å². The van der Waals surface area contributed by atoms with Crippen LogP contribution in [0.3, 0.4) is 0 Å². The number of hydrogen-bond donors (Lipinski definition) is 2. The Morgan fingerprint density at radius 2 is 1.93 bits per heavy atom. The first-order chi connectivity index (χ1) is 13.4. The predicted molar refractivity (Wildman–Crippen MR) is 103 cm³/mol. The van der Waals surface area contributed by atoms with E-state index in [9.17, 15) is 18.0 Å². The second-order valence-electron chi connectivity index (χ2n) is 5.93. The number of fused-ring (bicyclic) bond motifs is 1. The molecule has 0 aliphatic heterocycles. The molecule has 3 aromatic heterocycles. The van der Waals surface area contributed by atoms with Crippen LogP contribution in [0.1, 0.15) is 25.8 Å². The molecule has 0 spiro atoms. The number of nitrogens with zero attached hydrogens (tertiary/aromatic N) is 2. The number of anilines is 2. The Bertz CT molecular complexity index is 1130. The van der Waals surface area contributed by atoms with E-state index in [2.05, 4.69) is 20.3 Å². The fraction of sp³-hybridized carbons (Fsp3) is 0.150. The van der Waals surface area contributed by atoms with Crippen LogP contribution < -0.4 is 10.9 Å². The highest BCUT2D eigenvalue weighted by Gasteiger charge is 2.17.